The first-order valence-electron chi connectivity index (χ1n) is 6.62. The van der Waals surface area contributed by atoms with Crippen LogP contribution in [0.1, 0.15) is 32.9 Å². The zero-order valence-electron chi connectivity index (χ0n) is 11.4. The van der Waals surface area contributed by atoms with Crippen LogP contribution in [0, 0.1) is 13.8 Å². The number of nitrogens with one attached hydrogen (secondary N) is 1. The molecule has 0 spiro atoms. The summed E-state index contributed by atoms with van der Waals surface area (Å²) in [5.74, 6) is 0.203. The predicted octanol–water partition coefficient (Wildman–Crippen LogP) is 2.83. The number of rotatable bonds is 3. The fourth-order valence-corrected chi connectivity index (χ4v) is 2.82. The third kappa shape index (κ3) is 2.34. The SMILES string of the molecule is Cc1cc(C(=O)CN2Cc3ccccc3C2)c(C)[nH]1. The zero-order chi connectivity index (χ0) is 13.4. The largest absolute Gasteiger partial charge is 0.362 e. The Labute approximate surface area is 113 Å². The first kappa shape index (κ1) is 12.2. The Morgan fingerprint density at radius 1 is 1.21 bits per heavy atom. The topological polar surface area (TPSA) is 36.1 Å². The van der Waals surface area contributed by atoms with E-state index in [-0.39, 0.29) is 5.78 Å². The first-order valence-corrected chi connectivity index (χ1v) is 6.62. The lowest BCUT2D eigenvalue weighted by atomic mass is 10.1. The average Bonchev–Trinajstić information content (AvgIpc) is 2.91. The third-order valence-electron chi connectivity index (χ3n) is 3.72. The molecule has 0 atom stereocenters. The number of carbonyl (C=O) groups is 1. The summed E-state index contributed by atoms with van der Waals surface area (Å²) >= 11 is 0. The summed E-state index contributed by atoms with van der Waals surface area (Å²) in [6.45, 7) is 6.19. The van der Waals surface area contributed by atoms with Gasteiger partial charge in [-0.25, -0.2) is 0 Å². The maximum Gasteiger partial charge on any atom is 0.178 e. The molecule has 0 saturated carbocycles. The Morgan fingerprint density at radius 3 is 2.37 bits per heavy atom. The van der Waals surface area contributed by atoms with Crippen LogP contribution in [-0.2, 0) is 13.1 Å². The van der Waals surface area contributed by atoms with Crippen molar-refractivity contribution in [2.45, 2.75) is 26.9 Å². The Bertz CT molecular complexity index is 602. The van der Waals surface area contributed by atoms with Gasteiger partial charge in [0.25, 0.3) is 0 Å². The minimum absolute atomic E-state index is 0.203. The van der Waals surface area contributed by atoms with Crippen molar-refractivity contribution in [2.75, 3.05) is 6.54 Å². The van der Waals surface area contributed by atoms with Crippen molar-refractivity contribution in [3.63, 3.8) is 0 Å². The van der Waals surface area contributed by atoms with Crippen molar-refractivity contribution < 1.29 is 4.79 Å². The Morgan fingerprint density at radius 2 is 1.84 bits per heavy atom. The van der Waals surface area contributed by atoms with Crippen molar-refractivity contribution in [3.05, 3.63) is 58.4 Å². The molecule has 0 bridgehead atoms. The summed E-state index contributed by atoms with van der Waals surface area (Å²) in [5.41, 5.74) is 5.53. The van der Waals surface area contributed by atoms with Crippen LogP contribution in [0.5, 0.6) is 0 Å². The van der Waals surface area contributed by atoms with Crippen molar-refractivity contribution in [3.8, 4) is 0 Å². The molecular formula is C16H18N2O. The highest BCUT2D eigenvalue weighted by Crippen LogP contribution is 2.22. The molecule has 3 heteroatoms. The number of ketones is 1. The zero-order valence-corrected chi connectivity index (χ0v) is 11.4. The number of fused-ring (bicyclic) bond motifs is 1. The number of aryl methyl sites for hydroxylation is 2. The summed E-state index contributed by atoms with van der Waals surface area (Å²) in [6.07, 6.45) is 0. The van der Waals surface area contributed by atoms with Crippen LogP contribution >= 0.6 is 0 Å². The summed E-state index contributed by atoms with van der Waals surface area (Å²) in [7, 11) is 0. The molecule has 1 aliphatic rings. The minimum Gasteiger partial charge on any atom is -0.362 e. The van der Waals surface area contributed by atoms with Gasteiger partial charge in [0.2, 0.25) is 0 Å². The maximum absolute atomic E-state index is 12.3. The van der Waals surface area contributed by atoms with Gasteiger partial charge in [-0.1, -0.05) is 24.3 Å². The molecule has 0 radical (unpaired) electrons. The van der Waals surface area contributed by atoms with Crippen LogP contribution < -0.4 is 0 Å². The van der Waals surface area contributed by atoms with Gasteiger partial charge in [0.05, 0.1) is 6.54 Å². The van der Waals surface area contributed by atoms with Gasteiger partial charge in [-0.2, -0.15) is 0 Å². The summed E-state index contributed by atoms with van der Waals surface area (Å²) in [5, 5.41) is 0. The quantitative estimate of drug-likeness (QED) is 0.855. The fourth-order valence-electron chi connectivity index (χ4n) is 2.82. The van der Waals surface area contributed by atoms with Gasteiger partial charge in [0.15, 0.2) is 5.78 Å². The van der Waals surface area contributed by atoms with Gasteiger partial charge in [0.1, 0.15) is 0 Å². The van der Waals surface area contributed by atoms with Crippen molar-refractivity contribution in [2.24, 2.45) is 0 Å². The molecule has 1 N–H and O–H groups in total. The standard InChI is InChI=1S/C16H18N2O/c1-11-7-15(12(2)17-11)16(19)10-18-8-13-5-3-4-6-14(13)9-18/h3-7,17H,8-10H2,1-2H3. The first-order chi connectivity index (χ1) is 9.13. The number of benzene rings is 1. The van der Waals surface area contributed by atoms with Crippen LogP contribution in [0.4, 0.5) is 0 Å². The molecule has 1 aliphatic heterocycles. The van der Waals surface area contributed by atoms with E-state index in [4.69, 9.17) is 0 Å². The van der Waals surface area contributed by atoms with E-state index in [9.17, 15) is 4.79 Å². The highest BCUT2D eigenvalue weighted by molar-refractivity contribution is 5.98. The van der Waals surface area contributed by atoms with E-state index < -0.39 is 0 Å². The highest BCUT2D eigenvalue weighted by atomic mass is 16.1. The lowest BCUT2D eigenvalue weighted by Crippen LogP contribution is -2.25. The average molecular weight is 254 g/mol. The molecule has 19 heavy (non-hydrogen) atoms. The summed E-state index contributed by atoms with van der Waals surface area (Å²) in [6, 6.07) is 10.4. The van der Waals surface area contributed by atoms with Gasteiger partial charge in [-0.15, -0.1) is 0 Å². The van der Waals surface area contributed by atoms with Gasteiger partial charge in [-0.05, 0) is 31.0 Å². The predicted molar refractivity (Wildman–Crippen MR) is 75.2 cm³/mol. The minimum atomic E-state index is 0.203. The molecule has 2 aromatic rings. The summed E-state index contributed by atoms with van der Waals surface area (Å²) in [4.78, 5) is 17.7. The number of carbonyl (C=O) groups excluding carboxylic acids is 1. The second-order valence-corrected chi connectivity index (χ2v) is 5.33. The van der Waals surface area contributed by atoms with Crippen molar-refractivity contribution >= 4 is 5.78 Å². The lowest BCUT2D eigenvalue weighted by molar-refractivity contribution is 0.0929. The molecule has 0 fully saturated rings. The maximum atomic E-state index is 12.3. The van der Waals surface area contributed by atoms with E-state index in [1.165, 1.54) is 11.1 Å². The lowest BCUT2D eigenvalue weighted by Gasteiger charge is -2.13. The molecule has 2 heterocycles. The molecule has 1 aromatic heterocycles. The number of aromatic amines is 1. The van der Waals surface area contributed by atoms with Crippen LogP contribution in [0.25, 0.3) is 0 Å². The number of hydrogen-bond donors (Lipinski definition) is 1. The number of aromatic nitrogens is 1. The number of hydrogen-bond acceptors (Lipinski definition) is 2. The van der Waals surface area contributed by atoms with Gasteiger partial charge < -0.3 is 4.98 Å². The molecule has 3 nitrogen and oxygen atoms in total. The number of nitrogens with zero attached hydrogens (tertiary/aromatic N) is 1. The van der Waals surface area contributed by atoms with Gasteiger partial charge >= 0.3 is 0 Å². The normalized spacial score (nSPS) is 14.6. The Kier molecular flexibility index (Phi) is 2.99. The highest BCUT2D eigenvalue weighted by Gasteiger charge is 2.22. The molecule has 0 saturated heterocycles. The fraction of sp³-hybridized carbons (Fsp3) is 0.312. The molecule has 0 unspecified atom stereocenters. The van der Waals surface area contributed by atoms with E-state index >= 15 is 0 Å². The van der Waals surface area contributed by atoms with Crippen molar-refractivity contribution in [1.82, 2.24) is 9.88 Å². The van der Waals surface area contributed by atoms with Crippen LogP contribution in [0.2, 0.25) is 0 Å². The third-order valence-corrected chi connectivity index (χ3v) is 3.72. The molecule has 1 aromatic carbocycles. The molecule has 98 valence electrons. The second kappa shape index (κ2) is 4.67. The van der Waals surface area contributed by atoms with E-state index in [0.717, 1.165) is 30.0 Å². The van der Waals surface area contributed by atoms with Gasteiger partial charge in [-0.3, -0.25) is 9.69 Å². The Balaban J connectivity index is 1.71. The van der Waals surface area contributed by atoms with E-state index in [1.54, 1.807) is 0 Å². The Hall–Kier alpha value is -1.87. The van der Waals surface area contributed by atoms with Gasteiger partial charge in [0, 0.05) is 30.0 Å². The van der Waals surface area contributed by atoms with Crippen LogP contribution in [0.15, 0.2) is 30.3 Å². The molecular weight excluding hydrogens is 236 g/mol. The van der Waals surface area contributed by atoms with E-state index in [0.29, 0.717) is 6.54 Å². The smallest absolute Gasteiger partial charge is 0.178 e. The monoisotopic (exact) mass is 254 g/mol. The molecule has 3 rings (SSSR count). The van der Waals surface area contributed by atoms with E-state index in [1.807, 2.05) is 19.9 Å². The second-order valence-electron chi connectivity index (χ2n) is 5.33. The van der Waals surface area contributed by atoms with E-state index in [2.05, 4.69) is 34.1 Å². The molecule has 0 aliphatic carbocycles. The molecule has 0 amide bonds. The van der Waals surface area contributed by atoms with Crippen LogP contribution in [0.3, 0.4) is 0 Å². The number of Topliss-reactive ketones (excluding diaryl/α,β-unsaturated/α-hetero) is 1. The van der Waals surface area contributed by atoms with Crippen molar-refractivity contribution in [1.29, 1.82) is 0 Å². The summed E-state index contributed by atoms with van der Waals surface area (Å²) < 4.78 is 0. The van der Waals surface area contributed by atoms with Crippen LogP contribution in [-0.4, -0.2) is 22.2 Å². The number of H-pyrrole nitrogens is 1.